The maximum Gasteiger partial charge on any atom is 0.271 e. The standard InChI is InChI=1S/C18H19FN4O5/c1-22(10-17(24)20-13-5-3-12(19)4-6-13)11-18(25)21-15-9-14(23(26)27)7-8-16(15)28-2/h3-9H,10-11H2,1-2H3,(H,20,24)(H,21,25). The van der Waals surface area contributed by atoms with Crippen molar-refractivity contribution in [2.24, 2.45) is 0 Å². The minimum Gasteiger partial charge on any atom is -0.495 e. The second-order valence-corrected chi connectivity index (χ2v) is 5.92. The zero-order valence-corrected chi connectivity index (χ0v) is 15.3. The molecule has 2 rings (SSSR count). The van der Waals surface area contributed by atoms with Crippen molar-refractivity contribution in [2.75, 3.05) is 37.9 Å². The highest BCUT2D eigenvalue weighted by Crippen LogP contribution is 2.28. The third-order valence-corrected chi connectivity index (χ3v) is 3.62. The molecule has 0 aliphatic rings. The van der Waals surface area contributed by atoms with Gasteiger partial charge in [0.15, 0.2) is 0 Å². The van der Waals surface area contributed by atoms with Crippen LogP contribution in [0.25, 0.3) is 0 Å². The number of hydrogen-bond donors (Lipinski definition) is 2. The summed E-state index contributed by atoms with van der Waals surface area (Å²) in [6, 6.07) is 9.13. The maximum absolute atomic E-state index is 12.9. The van der Waals surface area contributed by atoms with Crippen molar-refractivity contribution in [3.05, 3.63) is 58.4 Å². The summed E-state index contributed by atoms with van der Waals surface area (Å²) >= 11 is 0. The normalized spacial score (nSPS) is 10.4. The first-order valence-electron chi connectivity index (χ1n) is 8.14. The number of halogens is 1. The van der Waals surface area contributed by atoms with Gasteiger partial charge in [0, 0.05) is 17.8 Å². The number of amides is 2. The molecule has 0 saturated carbocycles. The van der Waals surface area contributed by atoms with Crippen LogP contribution in [0, 0.1) is 15.9 Å². The van der Waals surface area contributed by atoms with Crippen LogP contribution >= 0.6 is 0 Å². The fraction of sp³-hybridized carbons (Fsp3) is 0.222. The molecule has 2 aromatic carbocycles. The molecule has 2 amide bonds. The monoisotopic (exact) mass is 390 g/mol. The number of nitro groups is 1. The van der Waals surface area contributed by atoms with E-state index in [1.807, 2.05) is 0 Å². The van der Waals surface area contributed by atoms with E-state index in [1.54, 1.807) is 7.05 Å². The Kier molecular flexibility index (Phi) is 6.99. The molecule has 0 radical (unpaired) electrons. The number of carbonyl (C=O) groups is 2. The lowest BCUT2D eigenvalue weighted by molar-refractivity contribution is -0.384. The summed E-state index contributed by atoms with van der Waals surface area (Å²) in [5.41, 5.74) is 0.402. The number of nitro benzene ring substituents is 1. The van der Waals surface area contributed by atoms with Crippen molar-refractivity contribution in [1.82, 2.24) is 4.90 Å². The zero-order valence-electron chi connectivity index (χ0n) is 15.3. The summed E-state index contributed by atoms with van der Waals surface area (Å²) in [4.78, 5) is 36.0. The molecule has 0 heterocycles. The molecule has 148 valence electrons. The predicted molar refractivity (Wildman–Crippen MR) is 101 cm³/mol. The Labute approximate surface area is 160 Å². The zero-order chi connectivity index (χ0) is 20.7. The van der Waals surface area contributed by atoms with Crippen molar-refractivity contribution in [3.63, 3.8) is 0 Å². The summed E-state index contributed by atoms with van der Waals surface area (Å²) in [5, 5.41) is 16.0. The van der Waals surface area contributed by atoms with Crippen molar-refractivity contribution in [3.8, 4) is 5.75 Å². The Bertz CT molecular complexity index is 873. The van der Waals surface area contributed by atoms with Crippen LogP contribution in [0.5, 0.6) is 5.75 Å². The molecular formula is C18H19FN4O5. The van der Waals surface area contributed by atoms with Gasteiger partial charge in [-0.3, -0.25) is 24.6 Å². The summed E-state index contributed by atoms with van der Waals surface area (Å²) in [6.45, 7) is -0.223. The van der Waals surface area contributed by atoms with Gasteiger partial charge in [-0.2, -0.15) is 0 Å². The van der Waals surface area contributed by atoms with E-state index in [0.29, 0.717) is 5.69 Å². The lowest BCUT2D eigenvalue weighted by Crippen LogP contribution is -2.36. The number of hydrogen-bond acceptors (Lipinski definition) is 6. The smallest absolute Gasteiger partial charge is 0.271 e. The molecule has 0 unspecified atom stereocenters. The Hall–Kier alpha value is -3.53. The molecule has 0 saturated heterocycles. The van der Waals surface area contributed by atoms with Crippen molar-refractivity contribution in [2.45, 2.75) is 0 Å². The molecule has 0 spiro atoms. The second-order valence-electron chi connectivity index (χ2n) is 5.92. The Morgan fingerprint density at radius 1 is 1.11 bits per heavy atom. The van der Waals surface area contributed by atoms with Crippen LogP contribution < -0.4 is 15.4 Å². The van der Waals surface area contributed by atoms with Gasteiger partial charge in [0.1, 0.15) is 11.6 Å². The lowest BCUT2D eigenvalue weighted by atomic mass is 10.2. The third kappa shape index (κ3) is 6.02. The number of anilines is 2. The molecule has 0 atom stereocenters. The average molecular weight is 390 g/mol. The van der Waals surface area contributed by atoms with E-state index in [9.17, 15) is 24.1 Å². The molecule has 0 aliphatic heterocycles. The fourth-order valence-corrected chi connectivity index (χ4v) is 2.38. The molecule has 9 nitrogen and oxygen atoms in total. The van der Waals surface area contributed by atoms with E-state index >= 15 is 0 Å². The maximum atomic E-state index is 12.9. The first kappa shape index (κ1) is 20.8. The minimum absolute atomic E-state index is 0.0864. The Balaban J connectivity index is 1.91. The van der Waals surface area contributed by atoms with Gasteiger partial charge in [-0.25, -0.2) is 4.39 Å². The summed E-state index contributed by atoms with van der Waals surface area (Å²) in [5.74, 6) is -0.996. The lowest BCUT2D eigenvalue weighted by Gasteiger charge is -2.16. The largest absolute Gasteiger partial charge is 0.495 e. The molecule has 0 aromatic heterocycles. The number of nitrogens with one attached hydrogen (secondary N) is 2. The van der Waals surface area contributed by atoms with Gasteiger partial charge in [-0.05, 0) is 37.4 Å². The Morgan fingerprint density at radius 2 is 1.71 bits per heavy atom. The second kappa shape index (κ2) is 9.42. The van der Waals surface area contributed by atoms with E-state index in [1.165, 1.54) is 54.5 Å². The molecule has 0 aliphatic carbocycles. The molecule has 0 fully saturated rings. The van der Waals surface area contributed by atoms with Gasteiger partial charge in [-0.1, -0.05) is 0 Å². The Morgan fingerprint density at radius 3 is 2.29 bits per heavy atom. The average Bonchev–Trinajstić information content (AvgIpc) is 2.63. The van der Waals surface area contributed by atoms with E-state index in [-0.39, 0.29) is 36.1 Å². The first-order valence-corrected chi connectivity index (χ1v) is 8.14. The number of nitrogens with zero attached hydrogens (tertiary/aromatic N) is 2. The number of ether oxygens (including phenoxy) is 1. The van der Waals surface area contributed by atoms with E-state index in [4.69, 9.17) is 4.74 Å². The summed E-state index contributed by atoms with van der Waals surface area (Å²) in [7, 11) is 2.94. The predicted octanol–water partition coefficient (Wildman–Crippen LogP) is 2.25. The number of non-ortho nitro benzene ring substituents is 1. The van der Waals surface area contributed by atoms with Crippen LogP contribution in [0.15, 0.2) is 42.5 Å². The topological polar surface area (TPSA) is 114 Å². The highest BCUT2D eigenvalue weighted by molar-refractivity contribution is 5.95. The number of benzene rings is 2. The molecule has 0 bridgehead atoms. The van der Waals surface area contributed by atoms with Crippen molar-refractivity contribution >= 4 is 28.9 Å². The van der Waals surface area contributed by atoms with Crippen LogP contribution in [0.4, 0.5) is 21.5 Å². The van der Waals surface area contributed by atoms with Gasteiger partial charge in [0.25, 0.3) is 5.69 Å². The summed E-state index contributed by atoms with van der Waals surface area (Å²) in [6.07, 6.45) is 0. The number of carbonyl (C=O) groups excluding carboxylic acids is 2. The van der Waals surface area contributed by atoms with Gasteiger partial charge in [0.2, 0.25) is 11.8 Å². The summed E-state index contributed by atoms with van der Waals surface area (Å²) < 4.78 is 18.0. The number of likely N-dealkylation sites (N-methyl/N-ethyl adjacent to an activating group) is 1. The van der Waals surface area contributed by atoms with E-state index in [2.05, 4.69) is 10.6 Å². The van der Waals surface area contributed by atoms with Gasteiger partial charge in [-0.15, -0.1) is 0 Å². The highest BCUT2D eigenvalue weighted by atomic mass is 19.1. The van der Waals surface area contributed by atoms with Crippen molar-refractivity contribution < 1.29 is 23.6 Å². The fourth-order valence-electron chi connectivity index (χ4n) is 2.38. The van der Waals surface area contributed by atoms with Crippen LogP contribution in [-0.2, 0) is 9.59 Å². The first-order chi connectivity index (χ1) is 13.3. The van der Waals surface area contributed by atoms with E-state index in [0.717, 1.165) is 0 Å². The number of rotatable bonds is 8. The SMILES string of the molecule is COc1ccc([N+](=O)[O-])cc1NC(=O)CN(C)CC(=O)Nc1ccc(F)cc1. The minimum atomic E-state index is -0.582. The molecular weight excluding hydrogens is 371 g/mol. The number of methoxy groups -OCH3 is 1. The van der Waals surface area contributed by atoms with Crippen LogP contribution in [0.1, 0.15) is 0 Å². The van der Waals surface area contributed by atoms with E-state index < -0.39 is 16.6 Å². The van der Waals surface area contributed by atoms with Gasteiger partial charge < -0.3 is 15.4 Å². The quantitative estimate of drug-likeness (QED) is 0.528. The van der Waals surface area contributed by atoms with Gasteiger partial charge >= 0.3 is 0 Å². The molecule has 28 heavy (non-hydrogen) atoms. The van der Waals surface area contributed by atoms with Gasteiger partial charge in [0.05, 0.1) is 30.8 Å². The molecule has 10 heteroatoms. The molecule has 2 N–H and O–H groups in total. The van der Waals surface area contributed by atoms with Crippen LogP contribution in [0.3, 0.4) is 0 Å². The van der Waals surface area contributed by atoms with Crippen LogP contribution in [0.2, 0.25) is 0 Å². The molecule has 2 aromatic rings. The highest BCUT2D eigenvalue weighted by Gasteiger charge is 2.16. The third-order valence-electron chi connectivity index (χ3n) is 3.62. The van der Waals surface area contributed by atoms with Crippen LogP contribution in [-0.4, -0.2) is 48.9 Å². The van der Waals surface area contributed by atoms with Crippen molar-refractivity contribution in [1.29, 1.82) is 0 Å².